The Kier molecular flexibility index (Phi) is 3.84. The van der Waals surface area contributed by atoms with E-state index >= 15 is 0 Å². The van der Waals surface area contributed by atoms with Crippen LogP contribution >= 0.6 is 11.3 Å². The van der Waals surface area contributed by atoms with Crippen molar-refractivity contribution in [1.29, 1.82) is 0 Å². The number of furan rings is 1. The number of methoxy groups -OCH3 is 1. The molecule has 1 aromatic carbocycles. The first-order chi connectivity index (χ1) is 11.8. The second kappa shape index (κ2) is 6.29. The Morgan fingerprint density at radius 3 is 2.79 bits per heavy atom. The van der Waals surface area contributed by atoms with Crippen LogP contribution in [-0.4, -0.2) is 26.9 Å². The van der Waals surface area contributed by atoms with Crippen LogP contribution in [0.4, 0.5) is 0 Å². The van der Waals surface area contributed by atoms with Gasteiger partial charge in [-0.3, -0.25) is 0 Å². The summed E-state index contributed by atoms with van der Waals surface area (Å²) in [5.41, 5.74) is 1.13. The summed E-state index contributed by atoms with van der Waals surface area (Å²) in [5, 5.41) is 13.8. The summed E-state index contributed by atoms with van der Waals surface area (Å²) in [6.45, 7) is 0. The van der Waals surface area contributed by atoms with Crippen LogP contribution in [0.2, 0.25) is 0 Å². The van der Waals surface area contributed by atoms with E-state index < -0.39 is 0 Å². The molecule has 0 amide bonds. The normalized spacial score (nSPS) is 11.5. The number of hydrogen-bond acceptors (Lipinski definition) is 6. The van der Waals surface area contributed by atoms with Gasteiger partial charge in [0.2, 0.25) is 4.96 Å². The van der Waals surface area contributed by atoms with Crippen molar-refractivity contribution in [1.82, 2.24) is 19.8 Å². The Morgan fingerprint density at radius 2 is 2.04 bits per heavy atom. The Balaban J connectivity index is 1.57. The van der Waals surface area contributed by atoms with Crippen molar-refractivity contribution in [3.8, 4) is 5.75 Å². The van der Waals surface area contributed by atoms with Gasteiger partial charge in [-0.15, -0.1) is 10.2 Å². The maximum Gasteiger partial charge on any atom is 0.234 e. The van der Waals surface area contributed by atoms with Gasteiger partial charge in [-0.2, -0.15) is 9.61 Å². The van der Waals surface area contributed by atoms with Crippen molar-refractivity contribution in [2.24, 2.45) is 0 Å². The molecule has 0 radical (unpaired) electrons. The molecule has 6 nitrogen and oxygen atoms in total. The summed E-state index contributed by atoms with van der Waals surface area (Å²) in [7, 11) is 1.66. The number of fused-ring (bicyclic) bond motifs is 1. The highest BCUT2D eigenvalue weighted by molar-refractivity contribution is 7.17. The first kappa shape index (κ1) is 14.6. The molecule has 0 fully saturated rings. The molecule has 3 heterocycles. The average Bonchev–Trinajstić information content (AvgIpc) is 3.32. The van der Waals surface area contributed by atoms with E-state index in [1.165, 1.54) is 11.3 Å². The lowest BCUT2D eigenvalue weighted by molar-refractivity contribution is 0.414. The number of ether oxygens (including phenoxy) is 1. The number of rotatable bonds is 5. The van der Waals surface area contributed by atoms with Crippen molar-refractivity contribution in [3.63, 3.8) is 0 Å². The lowest BCUT2D eigenvalue weighted by Crippen LogP contribution is -1.97. The van der Waals surface area contributed by atoms with E-state index in [-0.39, 0.29) is 0 Å². The lowest BCUT2D eigenvalue weighted by atomic mass is 10.1. The molecule has 0 spiro atoms. The third-order valence-electron chi connectivity index (χ3n) is 3.53. The predicted octanol–water partition coefficient (Wildman–Crippen LogP) is 3.55. The molecular formula is C17H14N4O2S. The van der Waals surface area contributed by atoms with Gasteiger partial charge >= 0.3 is 0 Å². The molecule has 24 heavy (non-hydrogen) atoms. The fourth-order valence-electron chi connectivity index (χ4n) is 2.32. The third-order valence-corrected chi connectivity index (χ3v) is 4.39. The van der Waals surface area contributed by atoms with Gasteiger partial charge in [0, 0.05) is 6.42 Å². The SMILES string of the molecule is COc1ccc(Cc2nnc3sc(C=Cc4ccco4)nn23)cc1. The molecule has 0 saturated heterocycles. The minimum absolute atomic E-state index is 0.663. The topological polar surface area (TPSA) is 65.5 Å². The predicted molar refractivity (Wildman–Crippen MR) is 92.1 cm³/mol. The van der Waals surface area contributed by atoms with Gasteiger partial charge in [-0.05, 0) is 42.0 Å². The fraction of sp³-hybridized carbons (Fsp3) is 0.118. The molecule has 0 aliphatic carbocycles. The molecule has 0 atom stereocenters. The standard InChI is InChI=1S/C17H14N4O2S/c1-22-13-6-4-12(5-7-13)11-15-18-19-17-21(15)20-16(24-17)9-8-14-3-2-10-23-14/h2-10H,11H2,1H3. The molecule has 0 bridgehead atoms. The molecular weight excluding hydrogens is 324 g/mol. The first-order valence-corrected chi connectivity index (χ1v) is 8.19. The van der Waals surface area contributed by atoms with E-state index in [2.05, 4.69) is 15.3 Å². The maximum absolute atomic E-state index is 5.28. The van der Waals surface area contributed by atoms with Gasteiger partial charge < -0.3 is 9.15 Å². The summed E-state index contributed by atoms with van der Waals surface area (Å²) in [6.07, 6.45) is 6.10. The van der Waals surface area contributed by atoms with E-state index in [1.807, 2.05) is 48.6 Å². The van der Waals surface area contributed by atoms with Gasteiger partial charge in [-0.1, -0.05) is 23.5 Å². The van der Waals surface area contributed by atoms with Crippen LogP contribution in [-0.2, 0) is 6.42 Å². The second-order valence-corrected chi connectivity index (χ2v) is 6.11. The summed E-state index contributed by atoms with van der Waals surface area (Å²) in [4.78, 5) is 0.776. The number of nitrogens with zero attached hydrogens (tertiary/aromatic N) is 4. The van der Waals surface area contributed by atoms with E-state index in [0.29, 0.717) is 6.42 Å². The summed E-state index contributed by atoms with van der Waals surface area (Å²) >= 11 is 1.49. The quantitative estimate of drug-likeness (QED) is 0.557. The molecule has 0 aliphatic rings. The Bertz CT molecular complexity index is 968. The first-order valence-electron chi connectivity index (χ1n) is 7.37. The minimum atomic E-state index is 0.663. The minimum Gasteiger partial charge on any atom is -0.497 e. The zero-order chi connectivity index (χ0) is 16.4. The van der Waals surface area contributed by atoms with Crippen molar-refractivity contribution in [2.75, 3.05) is 7.11 Å². The Hall–Kier alpha value is -2.93. The summed E-state index contributed by atoms with van der Waals surface area (Å²) < 4.78 is 12.2. The largest absolute Gasteiger partial charge is 0.497 e. The van der Waals surface area contributed by atoms with E-state index in [0.717, 1.165) is 32.9 Å². The Labute approximate surface area is 142 Å². The van der Waals surface area contributed by atoms with Crippen LogP contribution in [0.5, 0.6) is 5.75 Å². The Morgan fingerprint density at radius 1 is 1.17 bits per heavy atom. The molecule has 7 heteroatoms. The van der Waals surface area contributed by atoms with Gasteiger partial charge in [0.05, 0.1) is 13.4 Å². The molecule has 0 saturated carbocycles. The van der Waals surface area contributed by atoms with E-state index in [9.17, 15) is 0 Å². The lowest BCUT2D eigenvalue weighted by Gasteiger charge is -2.01. The zero-order valence-corrected chi connectivity index (χ0v) is 13.7. The van der Waals surface area contributed by atoms with E-state index in [1.54, 1.807) is 17.9 Å². The van der Waals surface area contributed by atoms with E-state index in [4.69, 9.17) is 9.15 Å². The molecule has 0 N–H and O–H groups in total. The van der Waals surface area contributed by atoms with Crippen LogP contribution < -0.4 is 4.74 Å². The molecule has 4 rings (SSSR count). The van der Waals surface area contributed by atoms with Gasteiger partial charge in [0.25, 0.3) is 0 Å². The molecule has 0 unspecified atom stereocenters. The average molecular weight is 338 g/mol. The van der Waals surface area contributed by atoms with Crippen molar-refractivity contribution in [2.45, 2.75) is 6.42 Å². The molecule has 120 valence electrons. The smallest absolute Gasteiger partial charge is 0.234 e. The van der Waals surface area contributed by atoms with Crippen molar-refractivity contribution in [3.05, 3.63) is 64.8 Å². The van der Waals surface area contributed by atoms with Crippen LogP contribution in [0.15, 0.2) is 47.1 Å². The van der Waals surface area contributed by atoms with Gasteiger partial charge in [-0.25, -0.2) is 0 Å². The maximum atomic E-state index is 5.28. The second-order valence-electron chi connectivity index (χ2n) is 5.12. The number of hydrogen-bond donors (Lipinski definition) is 0. The van der Waals surface area contributed by atoms with Gasteiger partial charge in [0.1, 0.15) is 16.5 Å². The van der Waals surface area contributed by atoms with Crippen LogP contribution in [0.1, 0.15) is 22.2 Å². The highest BCUT2D eigenvalue weighted by atomic mass is 32.1. The molecule has 4 aromatic rings. The molecule has 3 aromatic heterocycles. The monoisotopic (exact) mass is 338 g/mol. The number of aromatic nitrogens is 4. The van der Waals surface area contributed by atoms with Crippen LogP contribution in [0.3, 0.4) is 0 Å². The summed E-state index contributed by atoms with van der Waals surface area (Å²) in [5.74, 6) is 2.44. The zero-order valence-electron chi connectivity index (χ0n) is 12.9. The highest BCUT2D eigenvalue weighted by Gasteiger charge is 2.11. The van der Waals surface area contributed by atoms with Crippen molar-refractivity contribution < 1.29 is 9.15 Å². The molecule has 0 aliphatic heterocycles. The van der Waals surface area contributed by atoms with Crippen molar-refractivity contribution >= 4 is 28.4 Å². The number of benzene rings is 1. The fourth-order valence-corrected chi connectivity index (χ4v) is 3.08. The van der Waals surface area contributed by atoms with Crippen LogP contribution in [0, 0.1) is 0 Å². The van der Waals surface area contributed by atoms with Crippen LogP contribution in [0.25, 0.3) is 17.1 Å². The third kappa shape index (κ3) is 2.93. The highest BCUT2D eigenvalue weighted by Crippen LogP contribution is 2.19. The summed E-state index contributed by atoms with van der Waals surface area (Å²) in [6, 6.07) is 11.7. The van der Waals surface area contributed by atoms with Gasteiger partial charge in [0.15, 0.2) is 5.82 Å².